The van der Waals surface area contributed by atoms with E-state index in [0.717, 1.165) is 12.8 Å². The van der Waals surface area contributed by atoms with Crippen LogP contribution in [0.25, 0.3) is 5.69 Å². The van der Waals surface area contributed by atoms with Crippen molar-refractivity contribution < 1.29 is 14.3 Å². The van der Waals surface area contributed by atoms with Crippen molar-refractivity contribution in [2.75, 3.05) is 26.8 Å². The van der Waals surface area contributed by atoms with Gasteiger partial charge in [-0.2, -0.15) is 5.10 Å². The number of hydrogen-bond donors (Lipinski definition) is 0. The van der Waals surface area contributed by atoms with Crippen molar-refractivity contribution in [3.8, 4) is 17.3 Å². The van der Waals surface area contributed by atoms with Crippen molar-refractivity contribution in [2.45, 2.75) is 26.7 Å². The number of carbonyl (C=O) groups excluding carboxylic acids is 1. The number of ether oxygens (including phenoxy) is 2. The van der Waals surface area contributed by atoms with Crippen LogP contribution >= 0.6 is 0 Å². The molecule has 1 fully saturated rings. The van der Waals surface area contributed by atoms with Gasteiger partial charge in [-0.05, 0) is 49.9 Å². The lowest BCUT2D eigenvalue weighted by Crippen LogP contribution is -2.41. The Hall–Kier alpha value is -2.83. The third-order valence-corrected chi connectivity index (χ3v) is 4.65. The maximum atomic E-state index is 12.9. The van der Waals surface area contributed by atoms with E-state index in [1.54, 1.807) is 36.3 Å². The second kappa shape index (κ2) is 8.24. The van der Waals surface area contributed by atoms with Crippen LogP contribution in [0.2, 0.25) is 0 Å². The fraction of sp³-hybridized carbons (Fsp3) is 0.450. The number of rotatable bonds is 5. The number of carbonyl (C=O) groups is 1. The molecule has 7 heteroatoms. The van der Waals surface area contributed by atoms with Crippen molar-refractivity contribution in [2.24, 2.45) is 5.92 Å². The van der Waals surface area contributed by atoms with E-state index in [1.165, 1.54) is 10.7 Å². The summed E-state index contributed by atoms with van der Waals surface area (Å²) in [7, 11) is 1.59. The fourth-order valence-electron chi connectivity index (χ4n) is 3.27. The molecule has 1 aliphatic rings. The Morgan fingerprint density at radius 1 is 1.30 bits per heavy atom. The molecule has 2 aromatic rings. The van der Waals surface area contributed by atoms with Crippen molar-refractivity contribution in [1.82, 2.24) is 14.7 Å². The number of amides is 1. The van der Waals surface area contributed by atoms with Gasteiger partial charge in [0.15, 0.2) is 5.69 Å². The first kappa shape index (κ1) is 18.9. The molecule has 1 saturated heterocycles. The van der Waals surface area contributed by atoms with E-state index in [4.69, 9.17) is 9.47 Å². The lowest BCUT2D eigenvalue weighted by atomic mass is 10.00. The maximum absolute atomic E-state index is 12.9. The monoisotopic (exact) mass is 371 g/mol. The summed E-state index contributed by atoms with van der Waals surface area (Å²) in [6.45, 7) is 5.63. The largest absolute Gasteiger partial charge is 0.497 e. The smallest absolute Gasteiger partial charge is 0.278 e. The lowest BCUT2D eigenvalue weighted by Gasteiger charge is -2.30. The Balaban J connectivity index is 2.02. The SMILES string of the molecule is CCOc1cc(=O)c(C(=O)N2CCC[C@@H](C)C2)nn1-c1ccc(OC)cc1. The van der Waals surface area contributed by atoms with Gasteiger partial charge in [0.2, 0.25) is 11.3 Å². The molecule has 1 amide bonds. The first-order chi connectivity index (χ1) is 13.0. The molecular formula is C20H25N3O4. The summed E-state index contributed by atoms with van der Waals surface area (Å²) < 4.78 is 12.2. The number of aromatic nitrogens is 2. The molecule has 2 heterocycles. The van der Waals surface area contributed by atoms with Crippen LogP contribution in [0.3, 0.4) is 0 Å². The fourth-order valence-corrected chi connectivity index (χ4v) is 3.27. The predicted octanol–water partition coefficient (Wildman–Crippen LogP) is 2.51. The molecule has 0 saturated carbocycles. The Morgan fingerprint density at radius 3 is 2.67 bits per heavy atom. The van der Waals surface area contributed by atoms with Crippen LogP contribution in [-0.2, 0) is 0 Å². The van der Waals surface area contributed by atoms with Crippen molar-refractivity contribution in [3.05, 3.63) is 46.2 Å². The highest BCUT2D eigenvalue weighted by molar-refractivity contribution is 5.92. The Labute approximate surface area is 158 Å². The van der Waals surface area contributed by atoms with Crippen LogP contribution < -0.4 is 14.9 Å². The van der Waals surface area contributed by atoms with E-state index < -0.39 is 5.43 Å². The molecule has 0 unspecified atom stereocenters. The lowest BCUT2D eigenvalue weighted by molar-refractivity contribution is 0.0673. The van der Waals surface area contributed by atoms with Gasteiger partial charge < -0.3 is 14.4 Å². The van der Waals surface area contributed by atoms with Crippen LogP contribution in [0.4, 0.5) is 0 Å². The average Bonchev–Trinajstić information content (AvgIpc) is 2.68. The second-order valence-electron chi connectivity index (χ2n) is 6.74. The van der Waals surface area contributed by atoms with Gasteiger partial charge >= 0.3 is 0 Å². The highest BCUT2D eigenvalue weighted by atomic mass is 16.5. The Kier molecular flexibility index (Phi) is 5.78. The van der Waals surface area contributed by atoms with Crippen LogP contribution in [0.1, 0.15) is 37.2 Å². The average molecular weight is 371 g/mol. The molecule has 1 atom stereocenters. The summed E-state index contributed by atoms with van der Waals surface area (Å²) in [5, 5.41) is 4.36. The molecular weight excluding hydrogens is 346 g/mol. The predicted molar refractivity (Wildman–Crippen MR) is 102 cm³/mol. The van der Waals surface area contributed by atoms with Crippen LogP contribution in [0, 0.1) is 5.92 Å². The number of methoxy groups -OCH3 is 1. The number of likely N-dealkylation sites (tertiary alicyclic amines) is 1. The number of hydrogen-bond acceptors (Lipinski definition) is 5. The maximum Gasteiger partial charge on any atom is 0.278 e. The van der Waals surface area contributed by atoms with E-state index >= 15 is 0 Å². The van der Waals surface area contributed by atoms with E-state index in [2.05, 4.69) is 12.0 Å². The molecule has 144 valence electrons. The van der Waals surface area contributed by atoms with Crippen LogP contribution in [0.15, 0.2) is 35.1 Å². The summed E-state index contributed by atoms with van der Waals surface area (Å²) >= 11 is 0. The standard InChI is InChI=1S/C20H25N3O4/c1-4-27-18-12-17(24)19(20(25)22-11-5-6-14(2)13-22)21-23(18)15-7-9-16(26-3)10-8-15/h7-10,12,14H,4-6,11,13H2,1-3H3/t14-/m1/s1. The molecule has 0 radical (unpaired) electrons. The van der Waals surface area contributed by atoms with E-state index in [0.29, 0.717) is 42.9 Å². The molecule has 1 aromatic carbocycles. The van der Waals surface area contributed by atoms with Crippen molar-refractivity contribution in [1.29, 1.82) is 0 Å². The van der Waals surface area contributed by atoms with Gasteiger partial charge in [-0.1, -0.05) is 6.92 Å². The summed E-state index contributed by atoms with van der Waals surface area (Å²) in [6, 6.07) is 8.52. The minimum absolute atomic E-state index is 0.0802. The molecule has 0 aliphatic carbocycles. The zero-order chi connectivity index (χ0) is 19.4. The zero-order valence-electron chi connectivity index (χ0n) is 16.0. The van der Waals surface area contributed by atoms with Gasteiger partial charge in [0.1, 0.15) is 5.75 Å². The third-order valence-electron chi connectivity index (χ3n) is 4.65. The van der Waals surface area contributed by atoms with Crippen LogP contribution in [0.5, 0.6) is 11.6 Å². The van der Waals surface area contributed by atoms with Gasteiger partial charge in [-0.15, -0.1) is 0 Å². The number of benzene rings is 1. The van der Waals surface area contributed by atoms with Gasteiger partial charge in [-0.3, -0.25) is 9.59 Å². The molecule has 0 N–H and O–H groups in total. The molecule has 1 aliphatic heterocycles. The minimum atomic E-state index is -0.425. The number of piperidine rings is 1. The zero-order valence-corrected chi connectivity index (χ0v) is 16.0. The number of nitrogens with zero attached hydrogens (tertiary/aromatic N) is 3. The second-order valence-corrected chi connectivity index (χ2v) is 6.74. The third kappa shape index (κ3) is 4.13. The van der Waals surface area contributed by atoms with Crippen LogP contribution in [-0.4, -0.2) is 47.4 Å². The molecule has 0 bridgehead atoms. The highest BCUT2D eigenvalue weighted by Crippen LogP contribution is 2.20. The van der Waals surface area contributed by atoms with Gasteiger partial charge in [0.25, 0.3) is 5.91 Å². The Bertz CT molecular complexity index is 861. The van der Waals surface area contributed by atoms with Crippen molar-refractivity contribution in [3.63, 3.8) is 0 Å². The summed E-state index contributed by atoms with van der Waals surface area (Å²) in [4.78, 5) is 27.2. The summed E-state index contributed by atoms with van der Waals surface area (Å²) in [6.07, 6.45) is 2.03. The van der Waals surface area contributed by atoms with E-state index in [9.17, 15) is 9.59 Å². The van der Waals surface area contributed by atoms with Gasteiger partial charge in [0.05, 0.1) is 25.5 Å². The van der Waals surface area contributed by atoms with Gasteiger partial charge in [-0.25, -0.2) is 4.68 Å². The first-order valence-electron chi connectivity index (χ1n) is 9.24. The topological polar surface area (TPSA) is 73.7 Å². The normalized spacial score (nSPS) is 16.9. The molecule has 7 nitrogen and oxygen atoms in total. The molecule has 27 heavy (non-hydrogen) atoms. The van der Waals surface area contributed by atoms with E-state index in [-0.39, 0.29) is 11.6 Å². The first-order valence-corrected chi connectivity index (χ1v) is 9.24. The molecule has 0 spiro atoms. The molecule has 3 rings (SSSR count). The molecule has 1 aromatic heterocycles. The minimum Gasteiger partial charge on any atom is -0.497 e. The van der Waals surface area contributed by atoms with Crippen molar-refractivity contribution >= 4 is 5.91 Å². The quantitative estimate of drug-likeness (QED) is 0.807. The summed E-state index contributed by atoms with van der Waals surface area (Å²) in [5.74, 6) is 1.11. The summed E-state index contributed by atoms with van der Waals surface area (Å²) in [5.41, 5.74) is 0.176. The van der Waals surface area contributed by atoms with Gasteiger partial charge in [0, 0.05) is 13.1 Å². The van der Waals surface area contributed by atoms with E-state index in [1.807, 2.05) is 6.92 Å². The Morgan fingerprint density at radius 2 is 2.04 bits per heavy atom. The highest BCUT2D eigenvalue weighted by Gasteiger charge is 2.26.